The number of aromatic nitrogens is 3. The van der Waals surface area contributed by atoms with Gasteiger partial charge in [-0.3, -0.25) is 4.57 Å². The standard InChI is InChI=1S/C19H25N5O3/c1-22-19(26)24(15-6-7-15)17(21-22)13-8-10-23(11-9-13)18(25)20-14-4-3-5-16(12-14)27-2/h3-5,12-13,15H,6-11H2,1-2H3,(H,20,25). The first-order chi connectivity index (χ1) is 13.1. The SMILES string of the molecule is COc1cccc(NC(=O)N2CCC(c3nn(C)c(=O)n3C3CC3)CC2)c1. The van der Waals surface area contributed by atoms with E-state index in [1.807, 2.05) is 27.7 Å². The Kier molecular flexibility index (Phi) is 4.63. The highest BCUT2D eigenvalue weighted by molar-refractivity contribution is 5.89. The molecular formula is C19H25N5O3. The monoisotopic (exact) mass is 371 g/mol. The normalized spacial score (nSPS) is 17.8. The van der Waals surface area contributed by atoms with Crippen molar-refractivity contribution in [2.45, 2.75) is 37.6 Å². The summed E-state index contributed by atoms with van der Waals surface area (Å²) < 4.78 is 8.50. The van der Waals surface area contributed by atoms with Crippen molar-refractivity contribution < 1.29 is 9.53 Å². The summed E-state index contributed by atoms with van der Waals surface area (Å²) >= 11 is 0. The van der Waals surface area contributed by atoms with E-state index in [1.165, 1.54) is 4.68 Å². The summed E-state index contributed by atoms with van der Waals surface area (Å²) in [5, 5.41) is 7.41. The average molecular weight is 371 g/mol. The van der Waals surface area contributed by atoms with Gasteiger partial charge in [0.2, 0.25) is 0 Å². The number of urea groups is 1. The van der Waals surface area contributed by atoms with Crippen molar-refractivity contribution in [3.63, 3.8) is 0 Å². The molecule has 27 heavy (non-hydrogen) atoms. The van der Waals surface area contributed by atoms with Gasteiger partial charge in [0.1, 0.15) is 11.6 Å². The lowest BCUT2D eigenvalue weighted by Gasteiger charge is -2.31. The fourth-order valence-corrected chi connectivity index (χ4v) is 3.70. The number of aryl methyl sites for hydroxylation is 1. The Labute approximate surface area is 157 Å². The molecule has 144 valence electrons. The van der Waals surface area contributed by atoms with E-state index in [4.69, 9.17) is 4.74 Å². The van der Waals surface area contributed by atoms with Gasteiger partial charge in [-0.2, -0.15) is 5.10 Å². The van der Waals surface area contributed by atoms with Crippen LogP contribution in [0.25, 0.3) is 0 Å². The minimum Gasteiger partial charge on any atom is -0.497 e. The Morgan fingerprint density at radius 2 is 1.96 bits per heavy atom. The maximum absolute atomic E-state index is 12.6. The van der Waals surface area contributed by atoms with Crippen LogP contribution in [0.2, 0.25) is 0 Å². The first-order valence-electron chi connectivity index (χ1n) is 9.42. The van der Waals surface area contributed by atoms with Crippen LogP contribution in [0.1, 0.15) is 43.5 Å². The molecule has 2 heterocycles. The second-order valence-electron chi connectivity index (χ2n) is 7.29. The number of nitrogens with one attached hydrogen (secondary N) is 1. The molecule has 1 aliphatic carbocycles. The fourth-order valence-electron chi connectivity index (χ4n) is 3.70. The summed E-state index contributed by atoms with van der Waals surface area (Å²) in [6.07, 6.45) is 3.74. The Balaban J connectivity index is 1.40. The van der Waals surface area contributed by atoms with Crippen LogP contribution in [-0.4, -0.2) is 45.5 Å². The van der Waals surface area contributed by atoms with Gasteiger partial charge in [-0.15, -0.1) is 0 Å². The third kappa shape index (κ3) is 3.56. The largest absolute Gasteiger partial charge is 0.497 e. The number of piperidine rings is 1. The number of carbonyl (C=O) groups excluding carboxylic acids is 1. The van der Waals surface area contributed by atoms with Crippen molar-refractivity contribution in [2.75, 3.05) is 25.5 Å². The minimum absolute atomic E-state index is 0.0225. The number of amides is 2. The zero-order valence-corrected chi connectivity index (χ0v) is 15.7. The number of nitrogens with zero attached hydrogens (tertiary/aromatic N) is 4. The van der Waals surface area contributed by atoms with Crippen LogP contribution in [0.4, 0.5) is 10.5 Å². The summed E-state index contributed by atoms with van der Waals surface area (Å²) in [4.78, 5) is 26.7. The number of anilines is 1. The van der Waals surface area contributed by atoms with Crippen molar-refractivity contribution in [2.24, 2.45) is 7.05 Å². The van der Waals surface area contributed by atoms with Gasteiger partial charge < -0.3 is 15.0 Å². The van der Waals surface area contributed by atoms with Crippen LogP contribution in [0.3, 0.4) is 0 Å². The summed E-state index contributed by atoms with van der Waals surface area (Å²) in [5.74, 6) is 1.82. The van der Waals surface area contributed by atoms with Gasteiger partial charge >= 0.3 is 11.7 Å². The number of methoxy groups -OCH3 is 1. The van der Waals surface area contributed by atoms with Crippen LogP contribution >= 0.6 is 0 Å². The average Bonchev–Trinajstić information content (AvgIpc) is 3.48. The second-order valence-corrected chi connectivity index (χ2v) is 7.29. The number of hydrogen-bond donors (Lipinski definition) is 1. The Bertz CT molecular complexity index is 891. The maximum Gasteiger partial charge on any atom is 0.345 e. The molecule has 0 spiro atoms. The van der Waals surface area contributed by atoms with Crippen LogP contribution in [0.5, 0.6) is 5.75 Å². The van der Waals surface area contributed by atoms with E-state index in [9.17, 15) is 9.59 Å². The van der Waals surface area contributed by atoms with Gasteiger partial charge in [-0.25, -0.2) is 14.3 Å². The second kappa shape index (κ2) is 7.09. The molecule has 1 aromatic heterocycles. The number of hydrogen-bond acceptors (Lipinski definition) is 4. The predicted molar refractivity (Wildman–Crippen MR) is 101 cm³/mol. The zero-order chi connectivity index (χ0) is 19.0. The summed E-state index contributed by atoms with van der Waals surface area (Å²) in [6.45, 7) is 1.30. The third-order valence-corrected chi connectivity index (χ3v) is 5.36. The molecule has 1 saturated heterocycles. The molecule has 8 heteroatoms. The molecule has 2 aromatic rings. The molecule has 0 radical (unpaired) electrons. The van der Waals surface area contributed by atoms with Gasteiger partial charge in [-0.1, -0.05) is 6.07 Å². The smallest absolute Gasteiger partial charge is 0.345 e. The van der Waals surface area contributed by atoms with Crippen molar-refractivity contribution in [1.29, 1.82) is 0 Å². The lowest BCUT2D eigenvalue weighted by Crippen LogP contribution is -2.41. The molecule has 1 saturated carbocycles. The molecule has 2 aliphatic rings. The summed E-state index contributed by atoms with van der Waals surface area (Å²) in [5.41, 5.74) is 0.694. The molecule has 0 bridgehead atoms. The van der Waals surface area contributed by atoms with E-state index in [-0.39, 0.29) is 17.6 Å². The van der Waals surface area contributed by atoms with Gasteiger partial charge in [0.25, 0.3) is 0 Å². The van der Waals surface area contributed by atoms with Gasteiger partial charge in [0.05, 0.1) is 7.11 Å². The molecule has 2 fully saturated rings. The van der Waals surface area contributed by atoms with E-state index in [2.05, 4.69) is 10.4 Å². The Morgan fingerprint density at radius 3 is 2.63 bits per heavy atom. The summed E-state index contributed by atoms with van der Waals surface area (Å²) in [7, 11) is 3.31. The molecule has 1 aliphatic heterocycles. The van der Waals surface area contributed by atoms with Crippen LogP contribution in [0.15, 0.2) is 29.1 Å². The number of likely N-dealkylation sites (tertiary alicyclic amines) is 1. The third-order valence-electron chi connectivity index (χ3n) is 5.36. The van der Waals surface area contributed by atoms with Crippen LogP contribution in [0, 0.1) is 0 Å². The highest BCUT2D eigenvalue weighted by atomic mass is 16.5. The van der Waals surface area contributed by atoms with E-state index < -0.39 is 0 Å². The van der Waals surface area contributed by atoms with Crippen molar-refractivity contribution in [3.05, 3.63) is 40.6 Å². The highest BCUT2D eigenvalue weighted by Crippen LogP contribution is 2.37. The zero-order valence-electron chi connectivity index (χ0n) is 15.7. The number of ether oxygens (including phenoxy) is 1. The van der Waals surface area contributed by atoms with Gasteiger partial charge in [0.15, 0.2) is 0 Å². The highest BCUT2D eigenvalue weighted by Gasteiger charge is 2.34. The fraction of sp³-hybridized carbons (Fsp3) is 0.526. The summed E-state index contributed by atoms with van der Waals surface area (Å²) in [6, 6.07) is 7.53. The number of benzene rings is 1. The lowest BCUT2D eigenvalue weighted by molar-refractivity contribution is 0.192. The molecule has 0 unspecified atom stereocenters. The van der Waals surface area contributed by atoms with Crippen LogP contribution < -0.4 is 15.7 Å². The molecule has 1 N–H and O–H groups in total. The first kappa shape index (κ1) is 17.6. The Hall–Kier alpha value is -2.77. The molecule has 2 amide bonds. The molecule has 1 aromatic carbocycles. The van der Waals surface area contributed by atoms with Crippen LogP contribution in [-0.2, 0) is 7.05 Å². The molecular weight excluding hydrogens is 346 g/mol. The van der Waals surface area contributed by atoms with Crippen molar-refractivity contribution in [1.82, 2.24) is 19.2 Å². The number of carbonyl (C=O) groups is 1. The van der Waals surface area contributed by atoms with Crippen molar-refractivity contribution >= 4 is 11.7 Å². The van der Waals surface area contributed by atoms with Gasteiger partial charge in [-0.05, 0) is 37.8 Å². The minimum atomic E-state index is -0.109. The topological polar surface area (TPSA) is 81.4 Å². The molecule has 4 rings (SSSR count). The lowest BCUT2D eigenvalue weighted by atomic mass is 9.96. The predicted octanol–water partition coefficient (Wildman–Crippen LogP) is 2.34. The molecule has 8 nitrogen and oxygen atoms in total. The van der Waals surface area contributed by atoms with E-state index in [0.717, 1.165) is 31.5 Å². The van der Waals surface area contributed by atoms with Crippen molar-refractivity contribution in [3.8, 4) is 5.75 Å². The van der Waals surface area contributed by atoms with Gasteiger partial charge in [0, 0.05) is 43.9 Å². The first-order valence-corrected chi connectivity index (χ1v) is 9.42. The van der Waals surface area contributed by atoms with E-state index in [1.54, 1.807) is 20.2 Å². The quantitative estimate of drug-likeness (QED) is 0.894. The molecule has 0 atom stereocenters. The Morgan fingerprint density at radius 1 is 1.22 bits per heavy atom. The maximum atomic E-state index is 12.6. The number of rotatable bonds is 4. The van der Waals surface area contributed by atoms with E-state index in [0.29, 0.717) is 30.6 Å². The van der Waals surface area contributed by atoms with E-state index >= 15 is 0 Å².